The number of hydrogen-bond donors (Lipinski definition) is 1. The summed E-state index contributed by atoms with van der Waals surface area (Å²) >= 11 is 6.77. The number of pyridine rings is 1. The van der Waals surface area contributed by atoms with Crippen molar-refractivity contribution in [2.45, 2.75) is 65.5 Å². The molecule has 220 valence electrons. The van der Waals surface area contributed by atoms with Crippen LogP contribution in [0.1, 0.15) is 64.8 Å². The smallest absolute Gasteiger partial charge is 0.407 e. The molecule has 1 aliphatic heterocycles. The molecule has 1 amide bonds. The van der Waals surface area contributed by atoms with E-state index in [1.54, 1.807) is 24.3 Å². The zero-order valence-electron chi connectivity index (χ0n) is 24.3. The minimum Gasteiger partial charge on any atom is -0.465 e. The average Bonchev–Trinajstić information content (AvgIpc) is 2.92. The highest BCUT2D eigenvalue weighted by Crippen LogP contribution is 2.36. The molecule has 2 atom stereocenters. The van der Waals surface area contributed by atoms with Crippen molar-refractivity contribution in [1.82, 2.24) is 29.4 Å². The van der Waals surface area contributed by atoms with Crippen molar-refractivity contribution in [3.8, 4) is 16.9 Å². The molecule has 2 unspecified atom stereocenters. The van der Waals surface area contributed by atoms with Gasteiger partial charge in [0, 0.05) is 18.7 Å². The number of anilines is 1. The molecule has 5 rings (SSSR count). The second kappa shape index (κ2) is 11.3. The van der Waals surface area contributed by atoms with Crippen LogP contribution in [0.15, 0.2) is 41.5 Å². The van der Waals surface area contributed by atoms with E-state index in [1.165, 1.54) is 21.9 Å². The SMILES string of the molecule is CC(C)c1ncnc(C(C)C)c1-n1c(=O)nc(N2CC(C)N(C(=O)O)C(C)C2)c2cc(Cl)c(-c3ccccc3F)nc21. The fourth-order valence-electron chi connectivity index (χ4n) is 5.74. The van der Waals surface area contributed by atoms with Gasteiger partial charge < -0.3 is 10.0 Å². The summed E-state index contributed by atoms with van der Waals surface area (Å²) in [5.74, 6) is -0.299. The third-order valence-corrected chi connectivity index (χ3v) is 7.85. The summed E-state index contributed by atoms with van der Waals surface area (Å²) in [5.41, 5.74) is 1.78. The third-order valence-electron chi connectivity index (χ3n) is 7.57. The summed E-state index contributed by atoms with van der Waals surface area (Å²) in [4.78, 5) is 47.7. The van der Waals surface area contributed by atoms with Crippen LogP contribution >= 0.6 is 11.6 Å². The Morgan fingerprint density at radius 3 is 2.17 bits per heavy atom. The van der Waals surface area contributed by atoms with Crippen LogP contribution in [0.3, 0.4) is 0 Å². The predicted molar refractivity (Wildman–Crippen MR) is 160 cm³/mol. The molecule has 12 heteroatoms. The lowest BCUT2D eigenvalue weighted by Crippen LogP contribution is -2.58. The maximum atomic E-state index is 15.0. The fraction of sp³-hybridized carbons (Fsp3) is 0.400. The zero-order valence-corrected chi connectivity index (χ0v) is 25.1. The molecule has 0 saturated carbocycles. The molecule has 3 aromatic heterocycles. The molecule has 1 saturated heterocycles. The van der Waals surface area contributed by atoms with Gasteiger partial charge in [0.05, 0.1) is 45.3 Å². The van der Waals surface area contributed by atoms with E-state index in [4.69, 9.17) is 16.6 Å². The zero-order chi connectivity index (χ0) is 30.5. The molecular weight excluding hydrogens is 561 g/mol. The number of piperazine rings is 1. The van der Waals surface area contributed by atoms with E-state index < -0.39 is 17.6 Å². The number of aromatic nitrogens is 5. The van der Waals surface area contributed by atoms with E-state index in [0.29, 0.717) is 41.4 Å². The van der Waals surface area contributed by atoms with E-state index in [0.717, 1.165) is 0 Å². The van der Waals surface area contributed by atoms with E-state index in [1.807, 2.05) is 46.4 Å². The standard InChI is InChI=1S/C30H33ClFN7O3/c1-15(2)23-26(24(16(3)4)34-14-33-23)39-28-20(11-21(31)25(35-28)19-9-7-8-10-22(19)32)27(36-29(39)40)37-12-17(5)38(30(41)42)18(6)13-37/h7-11,14-18H,12-13H2,1-6H3,(H,41,42). The van der Waals surface area contributed by atoms with Gasteiger partial charge in [0.25, 0.3) is 0 Å². The van der Waals surface area contributed by atoms with E-state index >= 15 is 0 Å². The molecule has 0 spiro atoms. The number of carbonyl (C=O) groups is 1. The van der Waals surface area contributed by atoms with E-state index in [9.17, 15) is 19.1 Å². The summed E-state index contributed by atoms with van der Waals surface area (Å²) in [7, 11) is 0. The van der Waals surface area contributed by atoms with Gasteiger partial charge in [-0.2, -0.15) is 4.98 Å². The van der Waals surface area contributed by atoms with Gasteiger partial charge in [-0.05, 0) is 43.9 Å². The highest BCUT2D eigenvalue weighted by atomic mass is 35.5. The van der Waals surface area contributed by atoms with Crippen molar-refractivity contribution in [3.05, 3.63) is 69.4 Å². The minimum absolute atomic E-state index is 0.0636. The van der Waals surface area contributed by atoms with E-state index in [2.05, 4.69) is 15.0 Å². The maximum absolute atomic E-state index is 15.0. The maximum Gasteiger partial charge on any atom is 0.407 e. The summed E-state index contributed by atoms with van der Waals surface area (Å²) in [6, 6.07) is 7.09. The van der Waals surface area contributed by atoms with Crippen molar-refractivity contribution >= 4 is 34.5 Å². The Bertz CT molecular complexity index is 1700. The topological polar surface area (TPSA) is 117 Å². The number of amides is 1. The normalized spacial score (nSPS) is 17.5. The van der Waals surface area contributed by atoms with Crippen LogP contribution in [-0.2, 0) is 0 Å². The Labute approximate surface area is 247 Å². The number of rotatable bonds is 5. The van der Waals surface area contributed by atoms with Crippen molar-refractivity contribution < 1.29 is 14.3 Å². The van der Waals surface area contributed by atoms with Gasteiger partial charge in [-0.3, -0.25) is 4.90 Å². The van der Waals surface area contributed by atoms with Crippen molar-refractivity contribution in [2.75, 3.05) is 18.0 Å². The lowest BCUT2D eigenvalue weighted by Gasteiger charge is -2.43. The Kier molecular flexibility index (Phi) is 7.89. The number of nitrogens with zero attached hydrogens (tertiary/aromatic N) is 7. The number of fused-ring (bicyclic) bond motifs is 1. The molecule has 1 aliphatic rings. The largest absolute Gasteiger partial charge is 0.465 e. The Morgan fingerprint density at radius 1 is 1.02 bits per heavy atom. The summed E-state index contributed by atoms with van der Waals surface area (Å²) in [6.07, 6.45) is 0.483. The molecule has 1 aromatic carbocycles. The molecule has 42 heavy (non-hydrogen) atoms. The Balaban J connectivity index is 1.86. The number of halogens is 2. The lowest BCUT2D eigenvalue weighted by atomic mass is 10.0. The molecule has 1 fully saturated rings. The second-order valence-electron chi connectivity index (χ2n) is 11.3. The van der Waals surface area contributed by atoms with Crippen molar-refractivity contribution in [3.63, 3.8) is 0 Å². The van der Waals surface area contributed by atoms with Gasteiger partial charge in [-0.1, -0.05) is 51.4 Å². The summed E-state index contributed by atoms with van der Waals surface area (Å²) in [5, 5.41) is 10.4. The molecular formula is C30H33ClFN7O3. The highest BCUT2D eigenvalue weighted by molar-refractivity contribution is 6.33. The molecule has 0 radical (unpaired) electrons. The first-order valence-electron chi connectivity index (χ1n) is 13.9. The third kappa shape index (κ3) is 5.06. The lowest BCUT2D eigenvalue weighted by molar-refractivity contribution is 0.0981. The first-order valence-corrected chi connectivity index (χ1v) is 14.3. The monoisotopic (exact) mass is 593 g/mol. The van der Waals surface area contributed by atoms with Crippen LogP contribution in [0, 0.1) is 5.82 Å². The van der Waals surface area contributed by atoms with Crippen LogP contribution in [0.2, 0.25) is 5.02 Å². The first kappa shape index (κ1) is 29.4. The van der Waals surface area contributed by atoms with Gasteiger partial charge >= 0.3 is 11.8 Å². The van der Waals surface area contributed by atoms with Crippen molar-refractivity contribution in [2.24, 2.45) is 0 Å². The van der Waals surface area contributed by atoms with Crippen LogP contribution < -0.4 is 10.6 Å². The molecule has 4 heterocycles. The molecule has 0 aliphatic carbocycles. The molecule has 10 nitrogen and oxygen atoms in total. The number of hydrogen-bond acceptors (Lipinski definition) is 7. The molecule has 0 bridgehead atoms. The highest BCUT2D eigenvalue weighted by Gasteiger charge is 2.35. The van der Waals surface area contributed by atoms with Gasteiger partial charge in [-0.25, -0.2) is 33.5 Å². The Hall–Kier alpha value is -4.12. The van der Waals surface area contributed by atoms with Gasteiger partial charge in [0.15, 0.2) is 5.65 Å². The minimum atomic E-state index is -1.01. The first-order chi connectivity index (χ1) is 19.9. The average molecular weight is 594 g/mol. The van der Waals surface area contributed by atoms with Gasteiger partial charge in [0.2, 0.25) is 0 Å². The number of carboxylic acid groups (broad SMARTS) is 1. The second-order valence-corrected chi connectivity index (χ2v) is 11.7. The summed E-state index contributed by atoms with van der Waals surface area (Å²) in [6.45, 7) is 12.1. The molecule has 1 N–H and O–H groups in total. The Morgan fingerprint density at radius 2 is 1.62 bits per heavy atom. The van der Waals surface area contributed by atoms with E-state index in [-0.39, 0.29) is 45.8 Å². The summed E-state index contributed by atoms with van der Waals surface area (Å²) < 4.78 is 16.4. The quantitative estimate of drug-likeness (QED) is 0.306. The molecule has 4 aromatic rings. The van der Waals surface area contributed by atoms with Crippen LogP contribution in [0.5, 0.6) is 0 Å². The van der Waals surface area contributed by atoms with Crippen LogP contribution in [-0.4, -0.2) is 65.8 Å². The van der Waals surface area contributed by atoms with Gasteiger partial charge in [-0.15, -0.1) is 0 Å². The number of benzene rings is 1. The predicted octanol–water partition coefficient (Wildman–Crippen LogP) is 5.85. The van der Waals surface area contributed by atoms with Gasteiger partial charge in [0.1, 0.15) is 18.0 Å². The van der Waals surface area contributed by atoms with Crippen LogP contribution in [0.4, 0.5) is 15.0 Å². The van der Waals surface area contributed by atoms with Crippen LogP contribution in [0.25, 0.3) is 28.0 Å². The van der Waals surface area contributed by atoms with Crippen molar-refractivity contribution in [1.29, 1.82) is 0 Å². The fourth-order valence-corrected chi connectivity index (χ4v) is 6.00.